The number of rotatable bonds is 5. The van der Waals surface area contributed by atoms with E-state index < -0.39 is 0 Å². The molecule has 0 heterocycles. The fraction of sp³-hybridized carbons (Fsp3) is 0.625. The Kier molecular flexibility index (Phi) is 4.76. The van der Waals surface area contributed by atoms with Gasteiger partial charge in [-0.15, -0.1) is 0 Å². The van der Waals surface area contributed by atoms with Crippen LogP contribution in [0.5, 0.6) is 0 Å². The van der Waals surface area contributed by atoms with Gasteiger partial charge in [0.15, 0.2) is 0 Å². The van der Waals surface area contributed by atoms with E-state index >= 15 is 0 Å². The summed E-state index contributed by atoms with van der Waals surface area (Å²) in [5.74, 6) is 0.598. The number of hydrogen-bond acceptors (Lipinski definition) is 1. The minimum Gasteiger partial charge on any atom is -0.388 e. The third kappa shape index (κ3) is 3.32. The summed E-state index contributed by atoms with van der Waals surface area (Å²) in [5.41, 5.74) is 2.33. The summed E-state index contributed by atoms with van der Waals surface area (Å²) in [7, 11) is 0. The molecule has 1 N–H and O–H groups in total. The molecule has 0 spiro atoms. The first kappa shape index (κ1) is 14.2. The molecule has 0 bridgehead atoms. The molecule has 0 aliphatic carbocycles. The van der Waals surface area contributed by atoms with Crippen molar-refractivity contribution in [3.8, 4) is 0 Å². The predicted octanol–water partition coefficient (Wildman–Crippen LogP) is 4.67. The molecule has 0 aromatic heterocycles. The van der Waals surface area contributed by atoms with Gasteiger partial charge in [0.05, 0.1) is 6.10 Å². The topological polar surface area (TPSA) is 20.2 Å². The van der Waals surface area contributed by atoms with Crippen LogP contribution in [-0.4, -0.2) is 5.11 Å². The summed E-state index contributed by atoms with van der Waals surface area (Å²) >= 11 is 0. The predicted molar refractivity (Wildman–Crippen MR) is 74.2 cm³/mol. The molecular formula is C16H26O. The van der Waals surface area contributed by atoms with Crippen molar-refractivity contribution >= 4 is 0 Å². The van der Waals surface area contributed by atoms with Gasteiger partial charge in [-0.05, 0) is 35.3 Å². The molecule has 17 heavy (non-hydrogen) atoms. The zero-order chi connectivity index (χ0) is 13.1. The second-order valence-electron chi connectivity index (χ2n) is 5.72. The van der Waals surface area contributed by atoms with Crippen LogP contribution < -0.4 is 0 Å². The van der Waals surface area contributed by atoms with Gasteiger partial charge in [-0.1, -0.05) is 58.9 Å². The lowest BCUT2D eigenvalue weighted by Gasteiger charge is -2.29. The molecule has 0 amide bonds. The minimum absolute atomic E-state index is 0.0576. The maximum Gasteiger partial charge on any atom is 0.0840 e. The zero-order valence-corrected chi connectivity index (χ0v) is 11.8. The van der Waals surface area contributed by atoms with Crippen molar-refractivity contribution in [2.24, 2.45) is 5.41 Å². The van der Waals surface area contributed by atoms with E-state index in [2.05, 4.69) is 58.9 Å². The van der Waals surface area contributed by atoms with Crippen molar-refractivity contribution in [1.29, 1.82) is 0 Å². The first-order valence-electron chi connectivity index (χ1n) is 6.70. The van der Waals surface area contributed by atoms with Crippen molar-refractivity contribution in [3.63, 3.8) is 0 Å². The molecule has 2 unspecified atom stereocenters. The molecular weight excluding hydrogens is 208 g/mol. The summed E-state index contributed by atoms with van der Waals surface area (Å²) in [6.45, 7) is 10.8. The van der Waals surface area contributed by atoms with Crippen molar-refractivity contribution in [2.45, 2.75) is 59.5 Å². The van der Waals surface area contributed by atoms with Crippen molar-refractivity contribution in [2.75, 3.05) is 0 Å². The average molecular weight is 234 g/mol. The number of aliphatic hydroxyl groups excluding tert-OH is 1. The van der Waals surface area contributed by atoms with Crippen LogP contribution in [0.15, 0.2) is 24.3 Å². The Labute approximate surface area is 106 Å². The van der Waals surface area contributed by atoms with E-state index in [1.807, 2.05) is 0 Å². The highest BCUT2D eigenvalue weighted by molar-refractivity contribution is 5.27. The number of benzene rings is 1. The monoisotopic (exact) mass is 234 g/mol. The van der Waals surface area contributed by atoms with Gasteiger partial charge in [0, 0.05) is 0 Å². The van der Waals surface area contributed by atoms with Gasteiger partial charge in [-0.2, -0.15) is 0 Å². The largest absolute Gasteiger partial charge is 0.388 e. The Balaban J connectivity index is 2.88. The highest BCUT2D eigenvalue weighted by Gasteiger charge is 2.26. The van der Waals surface area contributed by atoms with Gasteiger partial charge in [-0.3, -0.25) is 0 Å². The third-order valence-electron chi connectivity index (χ3n) is 4.09. The van der Waals surface area contributed by atoms with E-state index in [9.17, 15) is 5.11 Å². The van der Waals surface area contributed by atoms with Crippen LogP contribution in [0, 0.1) is 5.41 Å². The summed E-state index contributed by atoms with van der Waals surface area (Å²) < 4.78 is 0. The van der Waals surface area contributed by atoms with Crippen LogP contribution in [0.2, 0.25) is 0 Å². The molecule has 0 saturated heterocycles. The fourth-order valence-electron chi connectivity index (χ4n) is 1.89. The Morgan fingerprint density at radius 2 is 1.53 bits per heavy atom. The highest BCUT2D eigenvalue weighted by atomic mass is 16.3. The molecule has 0 fully saturated rings. The SMILES string of the molecule is CCC(C)c1ccc(C(O)C(C)(C)CC)cc1. The van der Waals surface area contributed by atoms with Crippen LogP contribution >= 0.6 is 0 Å². The molecule has 0 radical (unpaired) electrons. The van der Waals surface area contributed by atoms with Crippen LogP contribution in [0.4, 0.5) is 0 Å². The van der Waals surface area contributed by atoms with E-state index in [1.54, 1.807) is 0 Å². The highest BCUT2D eigenvalue weighted by Crippen LogP contribution is 2.36. The number of hydrogen-bond donors (Lipinski definition) is 1. The summed E-state index contributed by atoms with van der Waals surface area (Å²) in [6.07, 6.45) is 1.75. The van der Waals surface area contributed by atoms with Gasteiger partial charge in [0.1, 0.15) is 0 Å². The van der Waals surface area contributed by atoms with E-state index in [-0.39, 0.29) is 11.5 Å². The normalized spacial score (nSPS) is 15.6. The molecule has 2 atom stereocenters. The molecule has 1 heteroatoms. The summed E-state index contributed by atoms with van der Waals surface area (Å²) in [5, 5.41) is 10.3. The van der Waals surface area contributed by atoms with Gasteiger partial charge in [0.25, 0.3) is 0 Å². The molecule has 1 aromatic carbocycles. The minimum atomic E-state index is -0.376. The van der Waals surface area contributed by atoms with Crippen LogP contribution in [0.3, 0.4) is 0 Å². The molecule has 96 valence electrons. The van der Waals surface area contributed by atoms with Crippen molar-refractivity contribution < 1.29 is 5.11 Å². The lowest BCUT2D eigenvalue weighted by atomic mass is 9.80. The summed E-state index contributed by atoms with van der Waals surface area (Å²) in [6, 6.07) is 8.45. The van der Waals surface area contributed by atoms with Crippen molar-refractivity contribution in [3.05, 3.63) is 35.4 Å². The lowest BCUT2D eigenvalue weighted by molar-refractivity contribution is 0.0465. The second kappa shape index (κ2) is 5.68. The first-order valence-corrected chi connectivity index (χ1v) is 6.70. The van der Waals surface area contributed by atoms with Gasteiger partial charge < -0.3 is 5.11 Å². The Bertz CT molecular complexity index is 337. The average Bonchev–Trinajstić information content (AvgIpc) is 2.37. The van der Waals surface area contributed by atoms with Crippen LogP contribution in [0.25, 0.3) is 0 Å². The maximum atomic E-state index is 10.3. The standard InChI is InChI=1S/C16H26O/c1-6-12(3)13-8-10-14(11-9-13)15(17)16(4,5)7-2/h8-12,15,17H,6-7H2,1-5H3. The molecule has 1 aromatic rings. The molecule has 1 nitrogen and oxygen atoms in total. The van der Waals surface area contributed by atoms with E-state index in [1.165, 1.54) is 5.56 Å². The fourth-order valence-corrected chi connectivity index (χ4v) is 1.89. The third-order valence-corrected chi connectivity index (χ3v) is 4.09. The molecule has 0 saturated carbocycles. The Morgan fingerprint density at radius 3 is 1.94 bits per heavy atom. The molecule has 0 aliphatic rings. The first-order chi connectivity index (χ1) is 7.92. The lowest BCUT2D eigenvalue weighted by Crippen LogP contribution is -2.20. The van der Waals surface area contributed by atoms with E-state index in [4.69, 9.17) is 0 Å². The van der Waals surface area contributed by atoms with E-state index in [0.29, 0.717) is 5.92 Å². The van der Waals surface area contributed by atoms with Crippen LogP contribution in [-0.2, 0) is 0 Å². The quantitative estimate of drug-likeness (QED) is 0.785. The Hall–Kier alpha value is -0.820. The Morgan fingerprint density at radius 1 is 1.06 bits per heavy atom. The molecule has 1 rings (SSSR count). The summed E-state index contributed by atoms with van der Waals surface area (Å²) in [4.78, 5) is 0. The van der Waals surface area contributed by atoms with Gasteiger partial charge in [-0.25, -0.2) is 0 Å². The molecule has 0 aliphatic heterocycles. The van der Waals surface area contributed by atoms with Crippen molar-refractivity contribution in [1.82, 2.24) is 0 Å². The van der Waals surface area contributed by atoms with Gasteiger partial charge >= 0.3 is 0 Å². The smallest absolute Gasteiger partial charge is 0.0840 e. The second-order valence-corrected chi connectivity index (χ2v) is 5.72. The maximum absolute atomic E-state index is 10.3. The number of aliphatic hydroxyl groups is 1. The van der Waals surface area contributed by atoms with Crippen LogP contribution in [0.1, 0.15) is 70.6 Å². The van der Waals surface area contributed by atoms with E-state index in [0.717, 1.165) is 18.4 Å². The zero-order valence-electron chi connectivity index (χ0n) is 11.8. The van der Waals surface area contributed by atoms with Gasteiger partial charge in [0.2, 0.25) is 0 Å².